The molecule has 0 aromatic carbocycles. The van der Waals surface area contributed by atoms with Crippen LogP contribution in [0.5, 0.6) is 0 Å². The number of carbonyl (C=O) groups is 1. The van der Waals surface area contributed by atoms with Gasteiger partial charge in [0.2, 0.25) is 0 Å². The third kappa shape index (κ3) is 0.654. The van der Waals surface area contributed by atoms with Gasteiger partial charge in [-0.15, -0.1) is 11.6 Å². The fraction of sp³-hybridized carbons (Fsp3) is 0.833. The van der Waals surface area contributed by atoms with E-state index < -0.39 is 17.6 Å². The van der Waals surface area contributed by atoms with Crippen LogP contribution in [0.4, 0.5) is 0 Å². The van der Waals surface area contributed by atoms with Crippen LogP contribution in [0.3, 0.4) is 0 Å². The number of ether oxygens (including phenoxy) is 1. The third-order valence-electron chi connectivity index (χ3n) is 2.04. The van der Waals surface area contributed by atoms with E-state index in [0.717, 1.165) is 0 Å². The van der Waals surface area contributed by atoms with Gasteiger partial charge in [0.15, 0.2) is 5.78 Å². The molecule has 0 saturated carbocycles. The highest BCUT2D eigenvalue weighted by Crippen LogP contribution is 2.35. The number of aliphatic hydroxyl groups excluding tert-OH is 1. The minimum atomic E-state index is -0.649. The van der Waals surface area contributed by atoms with E-state index in [-0.39, 0.29) is 11.9 Å². The zero-order valence-electron chi connectivity index (χ0n) is 5.16. The Morgan fingerprint density at radius 2 is 2.40 bits per heavy atom. The molecule has 0 amide bonds. The van der Waals surface area contributed by atoms with Crippen molar-refractivity contribution in [3.05, 3.63) is 0 Å². The second kappa shape index (κ2) is 1.94. The monoisotopic (exact) mass is 162 g/mol. The van der Waals surface area contributed by atoms with E-state index in [1.165, 1.54) is 0 Å². The standard InChI is InChI=1S/C6H7ClO3/c7-4-5(9)3-1-2(8)6(4)10-3/h3-6,9H,1H2/t3-,4+,5?,6+/m0/s1. The number of hydrogen-bond acceptors (Lipinski definition) is 3. The summed E-state index contributed by atoms with van der Waals surface area (Å²) in [4.78, 5) is 10.9. The van der Waals surface area contributed by atoms with Crippen molar-refractivity contribution in [2.75, 3.05) is 0 Å². The Bertz CT molecular complexity index is 180. The van der Waals surface area contributed by atoms with Gasteiger partial charge in [-0.2, -0.15) is 0 Å². The van der Waals surface area contributed by atoms with Crippen LogP contribution in [-0.4, -0.2) is 34.6 Å². The van der Waals surface area contributed by atoms with Crippen molar-refractivity contribution in [2.45, 2.75) is 30.1 Å². The molecule has 4 atom stereocenters. The number of hydrogen-bond donors (Lipinski definition) is 1. The lowest BCUT2D eigenvalue weighted by atomic mass is 9.96. The molecule has 0 aromatic heterocycles. The largest absolute Gasteiger partial charge is 0.389 e. The Labute approximate surface area is 62.9 Å². The predicted molar refractivity (Wildman–Crippen MR) is 33.9 cm³/mol. The first-order valence-electron chi connectivity index (χ1n) is 3.20. The molecule has 0 spiro atoms. The van der Waals surface area contributed by atoms with Gasteiger partial charge in [0, 0.05) is 6.42 Å². The average molecular weight is 163 g/mol. The van der Waals surface area contributed by atoms with Crippen molar-refractivity contribution in [2.24, 2.45) is 0 Å². The number of rotatable bonds is 0. The molecule has 0 radical (unpaired) electrons. The maximum atomic E-state index is 10.9. The molecule has 1 unspecified atom stereocenters. The van der Waals surface area contributed by atoms with E-state index in [1.807, 2.05) is 0 Å². The highest BCUT2D eigenvalue weighted by atomic mass is 35.5. The van der Waals surface area contributed by atoms with Crippen molar-refractivity contribution in [3.8, 4) is 0 Å². The first-order chi connectivity index (χ1) is 4.70. The zero-order chi connectivity index (χ0) is 7.30. The first kappa shape index (κ1) is 6.58. The molecule has 2 aliphatic heterocycles. The quantitative estimate of drug-likeness (QED) is 0.498. The molecular weight excluding hydrogens is 156 g/mol. The van der Waals surface area contributed by atoms with Crippen molar-refractivity contribution < 1.29 is 14.6 Å². The molecule has 56 valence electrons. The summed E-state index contributed by atoms with van der Waals surface area (Å²) in [5.74, 6) is 0.0234. The minimum Gasteiger partial charge on any atom is -0.389 e. The Morgan fingerprint density at radius 1 is 1.70 bits per heavy atom. The number of alkyl halides is 1. The first-order valence-corrected chi connectivity index (χ1v) is 3.64. The number of Topliss-reactive ketones (excluding diaryl/α,β-unsaturated/α-hetero) is 1. The van der Waals surface area contributed by atoms with Crippen molar-refractivity contribution in [3.63, 3.8) is 0 Å². The van der Waals surface area contributed by atoms with Crippen molar-refractivity contribution >= 4 is 17.4 Å². The van der Waals surface area contributed by atoms with Crippen molar-refractivity contribution in [1.29, 1.82) is 0 Å². The summed E-state index contributed by atoms with van der Waals surface area (Å²) >= 11 is 5.66. The lowest BCUT2D eigenvalue weighted by molar-refractivity contribution is -0.122. The van der Waals surface area contributed by atoms with Crippen LogP contribution >= 0.6 is 11.6 Å². The molecule has 2 saturated heterocycles. The molecule has 2 bridgehead atoms. The number of aliphatic hydroxyl groups is 1. The summed E-state index contributed by atoms with van der Waals surface area (Å²) < 4.78 is 5.08. The predicted octanol–water partition coefficient (Wildman–Crippen LogP) is -0.305. The van der Waals surface area contributed by atoms with Gasteiger partial charge in [-0.1, -0.05) is 0 Å². The summed E-state index contributed by atoms with van der Waals surface area (Å²) in [6.45, 7) is 0. The second-order valence-electron chi connectivity index (χ2n) is 2.70. The van der Waals surface area contributed by atoms with Gasteiger partial charge >= 0.3 is 0 Å². The van der Waals surface area contributed by atoms with Crippen LogP contribution in [0.15, 0.2) is 0 Å². The van der Waals surface area contributed by atoms with E-state index in [2.05, 4.69) is 0 Å². The van der Waals surface area contributed by atoms with Gasteiger partial charge in [-0.05, 0) is 0 Å². The molecule has 2 aliphatic rings. The maximum absolute atomic E-state index is 10.9. The smallest absolute Gasteiger partial charge is 0.165 e. The van der Waals surface area contributed by atoms with E-state index >= 15 is 0 Å². The lowest BCUT2D eigenvalue weighted by Crippen LogP contribution is -2.37. The summed E-state index contributed by atoms with van der Waals surface area (Å²) in [6.07, 6.45) is -1.19. The SMILES string of the molecule is O=C1C[C@@H]2O[C@H]1[C@H](Cl)C2O. The average Bonchev–Trinajstić information content (AvgIpc) is 2.36. The molecular formula is C6H7ClO3. The normalized spacial score (nSPS) is 52.4. The molecule has 3 nitrogen and oxygen atoms in total. The minimum absolute atomic E-state index is 0.0234. The molecule has 0 aliphatic carbocycles. The Kier molecular flexibility index (Phi) is 1.27. The molecule has 2 heterocycles. The van der Waals surface area contributed by atoms with Crippen LogP contribution in [0.1, 0.15) is 6.42 Å². The van der Waals surface area contributed by atoms with Gasteiger partial charge in [0.1, 0.15) is 6.10 Å². The second-order valence-corrected chi connectivity index (χ2v) is 3.20. The highest BCUT2D eigenvalue weighted by Gasteiger charge is 2.52. The van der Waals surface area contributed by atoms with Gasteiger partial charge in [0.25, 0.3) is 0 Å². The van der Waals surface area contributed by atoms with Crippen LogP contribution in [0.2, 0.25) is 0 Å². The maximum Gasteiger partial charge on any atom is 0.165 e. The third-order valence-corrected chi connectivity index (χ3v) is 2.52. The number of carbonyl (C=O) groups excluding carboxylic acids is 1. The van der Waals surface area contributed by atoms with E-state index in [1.54, 1.807) is 0 Å². The summed E-state index contributed by atoms with van der Waals surface area (Å²) in [5, 5.41) is 8.67. The van der Waals surface area contributed by atoms with Crippen LogP contribution in [0, 0.1) is 0 Å². The van der Waals surface area contributed by atoms with Crippen LogP contribution in [0.25, 0.3) is 0 Å². The zero-order valence-corrected chi connectivity index (χ0v) is 5.91. The van der Waals surface area contributed by atoms with Gasteiger partial charge < -0.3 is 9.84 Å². The fourth-order valence-corrected chi connectivity index (χ4v) is 1.83. The summed E-state index contributed by atoms with van der Waals surface area (Å²) in [5.41, 5.74) is 0. The Morgan fingerprint density at radius 3 is 2.80 bits per heavy atom. The van der Waals surface area contributed by atoms with E-state index in [4.69, 9.17) is 16.3 Å². The molecule has 10 heavy (non-hydrogen) atoms. The number of halogens is 1. The van der Waals surface area contributed by atoms with Crippen molar-refractivity contribution in [1.82, 2.24) is 0 Å². The van der Waals surface area contributed by atoms with Crippen LogP contribution < -0.4 is 0 Å². The number of fused-ring (bicyclic) bond motifs is 2. The number of ketones is 1. The summed E-state index contributed by atoms with van der Waals surface area (Å²) in [7, 11) is 0. The van der Waals surface area contributed by atoms with Gasteiger partial charge in [0.05, 0.1) is 17.6 Å². The molecule has 4 heteroatoms. The fourth-order valence-electron chi connectivity index (χ4n) is 1.46. The van der Waals surface area contributed by atoms with Crippen LogP contribution in [-0.2, 0) is 9.53 Å². The lowest BCUT2D eigenvalue weighted by Gasteiger charge is -2.16. The van der Waals surface area contributed by atoms with E-state index in [9.17, 15) is 9.90 Å². The van der Waals surface area contributed by atoms with E-state index in [0.29, 0.717) is 6.42 Å². The van der Waals surface area contributed by atoms with Gasteiger partial charge in [-0.3, -0.25) is 4.79 Å². The highest BCUT2D eigenvalue weighted by molar-refractivity contribution is 6.24. The molecule has 0 aromatic rings. The Hall–Kier alpha value is -0.120. The Balaban J connectivity index is 2.24. The molecule has 2 rings (SSSR count). The molecule has 1 N–H and O–H groups in total. The van der Waals surface area contributed by atoms with Gasteiger partial charge in [-0.25, -0.2) is 0 Å². The topological polar surface area (TPSA) is 46.5 Å². The molecule has 2 fully saturated rings. The summed E-state index contributed by atoms with van der Waals surface area (Å²) in [6, 6.07) is 0.